The molecule has 1 heterocycles. The summed E-state index contributed by atoms with van der Waals surface area (Å²) < 4.78 is 5.17. The maximum absolute atomic E-state index is 11.7. The van der Waals surface area contributed by atoms with E-state index in [1.54, 1.807) is 0 Å². The zero-order valence-electron chi connectivity index (χ0n) is 9.24. The molecule has 1 amide bonds. The third-order valence-electron chi connectivity index (χ3n) is 2.53. The van der Waals surface area contributed by atoms with Crippen LogP contribution in [0.4, 0.5) is 0 Å². The Balaban J connectivity index is 2.16. The van der Waals surface area contributed by atoms with Gasteiger partial charge in [0, 0.05) is 25.7 Å². The van der Waals surface area contributed by atoms with E-state index in [-0.39, 0.29) is 18.6 Å². The van der Waals surface area contributed by atoms with Crippen LogP contribution in [0.15, 0.2) is 0 Å². The van der Waals surface area contributed by atoms with Crippen molar-refractivity contribution in [1.82, 2.24) is 10.2 Å². The maximum Gasteiger partial charge on any atom is 0.236 e. The number of hydrogen-bond donors (Lipinski definition) is 2. The molecule has 0 bridgehead atoms. The van der Waals surface area contributed by atoms with Gasteiger partial charge in [-0.15, -0.1) is 0 Å². The van der Waals surface area contributed by atoms with Crippen molar-refractivity contribution in [2.75, 3.05) is 39.5 Å². The fraction of sp³-hybridized carbons (Fsp3) is 0.900. The zero-order valence-corrected chi connectivity index (χ0v) is 9.24. The summed E-state index contributed by atoms with van der Waals surface area (Å²) in [5.74, 6) is 0.114. The SMILES string of the molecule is CC(CCO)NCC(=O)N1CCOCC1. The highest BCUT2D eigenvalue weighted by Crippen LogP contribution is 1.97. The average Bonchev–Trinajstić information content (AvgIpc) is 2.27. The largest absolute Gasteiger partial charge is 0.396 e. The number of carbonyl (C=O) groups is 1. The molecule has 0 aromatic rings. The van der Waals surface area contributed by atoms with Crippen molar-refractivity contribution >= 4 is 5.91 Å². The van der Waals surface area contributed by atoms with E-state index in [0.29, 0.717) is 39.3 Å². The van der Waals surface area contributed by atoms with E-state index in [9.17, 15) is 4.79 Å². The van der Waals surface area contributed by atoms with Crippen LogP contribution in [0.3, 0.4) is 0 Å². The summed E-state index contributed by atoms with van der Waals surface area (Å²) in [6.45, 7) is 5.11. The second-order valence-electron chi connectivity index (χ2n) is 3.79. The van der Waals surface area contributed by atoms with Crippen LogP contribution in [0.2, 0.25) is 0 Å². The molecule has 88 valence electrons. The Kier molecular flexibility index (Phi) is 5.60. The number of nitrogens with one attached hydrogen (secondary N) is 1. The van der Waals surface area contributed by atoms with Crippen molar-refractivity contribution in [2.45, 2.75) is 19.4 Å². The first-order valence-corrected chi connectivity index (χ1v) is 5.44. The van der Waals surface area contributed by atoms with Crippen LogP contribution in [0.1, 0.15) is 13.3 Å². The minimum absolute atomic E-state index is 0.114. The number of ether oxygens (including phenoxy) is 1. The molecule has 1 saturated heterocycles. The summed E-state index contributed by atoms with van der Waals surface area (Å²) in [6, 6.07) is 0.181. The molecule has 5 nitrogen and oxygen atoms in total. The fourth-order valence-corrected chi connectivity index (χ4v) is 1.48. The van der Waals surface area contributed by atoms with Crippen molar-refractivity contribution < 1.29 is 14.6 Å². The van der Waals surface area contributed by atoms with E-state index < -0.39 is 0 Å². The Morgan fingerprint density at radius 2 is 2.20 bits per heavy atom. The van der Waals surface area contributed by atoms with Crippen molar-refractivity contribution in [3.05, 3.63) is 0 Å². The Morgan fingerprint density at radius 1 is 1.53 bits per heavy atom. The Bertz CT molecular complexity index is 193. The first kappa shape index (κ1) is 12.4. The minimum atomic E-state index is 0.114. The quantitative estimate of drug-likeness (QED) is 0.632. The Morgan fingerprint density at radius 3 is 2.80 bits per heavy atom. The van der Waals surface area contributed by atoms with Crippen LogP contribution in [0, 0.1) is 0 Å². The van der Waals surface area contributed by atoms with Gasteiger partial charge in [-0.1, -0.05) is 0 Å². The molecule has 0 aliphatic carbocycles. The van der Waals surface area contributed by atoms with E-state index in [1.165, 1.54) is 0 Å². The van der Waals surface area contributed by atoms with Crippen LogP contribution in [-0.2, 0) is 9.53 Å². The molecule has 5 heteroatoms. The predicted octanol–water partition coefficient (Wildman–Crippen LogP) is -0.794. The minimum Gasteiger partial charge on any atom is -0.396 e. The molecule has 0 aromatic carbocycles. The molecule has 0 spiro atoms. The first-order valence-electron chi connectivity index (χ1n) is 5.44. The summed E-state index contributed by atoms with van der Waals surface area (Å²) in [7, 11) is 0. The number of aliphatic hydroxyl groups is 1. The second-order valence-corrected chi connectivity index (χ2v) is 3.79. The van der Waals surface area contributed by atoms with Gasteiger partial charge in [-0.25, -0.2) is 0 Å². The highest BCUT2D eigenvalue weighted by Gasteiger charge is 2.16. The maximum atomic E-state index is 11.7. The normalized spacial score (nSPS) is 18.9. The van der Waals surface area contributed by atoms with Crippen molar-refractivity contribution in [2.24, 2.45) is 0 Å². The zero-order chi connectivity index (χ0) is 11.1. The van der Waals surface area contributed by atoms with E-state index >= 15 is 0 Å². The molecule has 1 aliphatic rings. The number of morpholine rings is 1. The van der Waals surface area contributed by atoms with E-state index in [4.69, 9.17) is 9.84 Å². The van der Waals surface area contributed by atoms with Gasteiger partial charge in [0.2, 0.25) is 5.91 Å². The molecular weight excluding hydrogens is 196 g/mol. The molecule has 1 unspecified atom stereocenters. The molecule has 0 radical (unpaired) electrons. The van der Waals surface area contributed by atoms with Gasteiger partial charge in [0.05, 0.1) is 19.8 Å². The highest BCUT2D eigenvalue weighted by molar-refractivity contribution is 5.78. The van der Waals surface area contributed by atoms with E-state index in [1.807, 2.05) is 11.8 Å². The smallest absolute Gasteiger partial charge is 0.236 e. The predicted molar refractivity (Wildman–Crippen MR) is 56.6 cm³/mol. The summed E-state index contributed by atoms with van der Waals surface area (Å²) in [4.78, 5) is 13.5. The summed E-state index contributed by atoms with van der Waals surface area (Å²) in [5, 5.41) is 11.8. The Labute approximate surface area is 90.4 Å². The lowest BCUT2D eigenvalue weighted by atomic mass is 10.2. The number of hydrogen-bond acceptors (Lipinski definition) is 4. The molecular formula is C10H20N2O3. The molecule has 2 N–H and O–H groups in total. The van der Waals surface area contributed by atoms with Crippen LogP contribution in [-0.4, -0.2) is 61.4 Å². The first-order chi connectivity index (χ1) is 7.24. The number of nitrogens with zero attached hydrogens (tertiary/aromatic N) is 1. The van der Waals surface area contributed by atoms with Crippen LogP contribution < -0.4 is 5.32 Å². The van der Waals surface area contributed by atoms with E-state index in [0.717, 1.165) is 0 Å². The van der Waals surface area contributed by atoms with Gasteiger partial charge in [0.1, 0.15) is 0 Å². The lowest BCUT2D eigenvalue weighted by molar-refractivity contribution is -0.134. The third-order valence-corrected chi connectivity index (χ3v) is 2.53. The van der Waals surface area contributed by atoms with Gasteiger partial charge in [0.15, 0.2) is 0 Å². The summed E-state index contributed by atoms with van der Waals surface area (Å²) in [6.07, 6.45) is 0.677. The molecule has 1 aliphatic heterocycles. The average molecular weight is 216 g/mol. The lowest BCUT2D eigenvalue weighted by Crippen LogP contribution is -2.46. The molecule has 0 saturated carbocycles. The standard InChI is InChI=1S/C10H20N2O3/c1-9(2-5-13)11-8-10(14)12-3-6-15-7-4-12/h9,11,13H,2-8H2,1H3. The number of carbonyl (C=O) groups excluding carboxylic acids is 1. The third kappa shape index (κ3) is 4.59. The second kappa shape index (κ2) is 6.76. The van der Waals surface area contributed by atoms with Gasteiger partial charge < -0.3 is 20.1 Å². The van der Waals surface area contributed by atoms with Crippen molar-refractivity contribution in [1.29, 1.82) is 0 Å². The number of rotatable bonds is 5. The van der Waals surface area contributed by atoms with Crippen LogP contribution >= 0.6 is 0 Å². The number of amides is 1. The fourth-order valence-electron chi connectivity index (χ4n) is 1.48. The van der Waals surface area contributed by atoms with Gasteiger partial charge >= 0.3 is 0 Å². The van der Waals surface area contributed by atoms with Gasteiger partial charge in [-0.2, -0.15) is 0 Å². The van der Waals surface area contributed by atoms with Crippen LogP contribution in [0.25, 0.3) is 0 Å². The van der Waals surface area contributed by atoms with Crippen molar-refractivity contribution in [3.8, 4) is 0 Å². The van der Waals surface area contributed by atoms with Crippen molar-refractivity contribution in [3.63, 3.8) is 0 Å². The van der Waals surface area contributed by atoms with Gasteiger partial charge in [-0.3, -0.25) is 4.79 Å². The van der Waals surface area contributed by atoms with E-state index in [2.05, 4.69) is 5.32 Å². The van der Waals surface area contributed by atoms with Crippen LogP contribution in [0.5, 0.6) is 0 Å². The Hall–Kier alpha value is -0.650. The number of aliphatic hydroxyl groups excluding tert-OH is 1. The lowest BCUT2D eigenvalue weighted by Gasteiger charge is -2.27. The summed E-state index contributed by atoms with van der Waals surface area (Å²) >= 11 is 0. The van der Waals surface area contributed by atoms with Gasteiger partial charge in [-0.05, 0) is 13.3 Å². The molecule has 1 atom stereocenters. The topological polar surface area (TPSA) is 61.8 Å². The molecule has 15 heavy (non-hydrogen) atoms. The van der Waals surface area contributed by atoms with Gasteiger partial charge in [0.25, 0.3) is 0 Å². The monoisotopic (exact) mass is 216 g/mol. The molecule has 0 aromatic heterocycles. The molecule has 1 rings (SSSR count). The highest BCUT2D eigenvalue weighted by atomic mass is 16.5. The summed E-state index contributed by atoms with van der Waals surface area (Å²) in [5.41, 5.74) is 0. The molecule has 1 fully saturated rings.